The van der Waals surface area contributed by atoms with Gasteiger partial charge in [0.05, 0.1) is 30.0 Å². The first-order valence-corrected chi connectivity index (χ1v) is 9.53. The van der Waals surface area contributed by atoms with Crippen LogP contribution in [0.1, 0.15) is 30.9 Å². The number of aromatic nitrogens is 3. The van der Waals surface area contributed by atoms with Crippen LogP contribution in [0, 0.1) is 13.5 Å². The van der Waals surface area contributed by atoms with E-state index in [1.807, 2.05) is 6.92 Å². The van der Waals surface area contributed by atoms with Crippen LogP contribution in [-0.2, 0) is 10.0 Å². The summed E-state index contributed by atoms with van der Waals surface area (Å²) >= 11 is 0. The Kier molecular flexibility index (Phi) is 3.54. The molecule has 1 aromatic carbocycles. The quantitative estimate of drug-likeness (QED) is 0.699. The van der Waals surface area contributed by atoms with Crippen molar-refractivity contribution in [3.8, 4) is 0 Å². The van der Waals surface area contributed by atoms with E-state index in [4.69, 9.17) is 6.57 Å². The molecule has 0 spiro atoms. The summed E-state index contributed by atoms with van der Waals surface area (Å²) in [7, 11) is -3.74. The number of nitrogens with zero attached hydrogens (tertiary/aromatic N) is 3. The van der Waals surface area contributed by atoms with Gasteiger partial charge in [-0.2, -0.15) is 5.10 Å². The predicted molar refractivity (Wildman–Crippen MR) is 95.2 cm³/mol. The highest BCUT2D eigenvalue weighted by Gasteiger charge is 2.24. The molecular weight excluding hydrogens is 338 g/mol. The molecule has 0 bridgehead atoms. The number of sulfonamides is 1. The fraction of sp³-hybridized carbons (Fsp3) is 0.294. The number of fused-ring (bicyclic) bond motifs is 1. The molecule has 8 heteroatoms. The smallest absolute Gasteiger partial charge is 0.265 e. The predicted octanol–water partition coefficient (Wildman–Crippen LogP) is 3.75. The average Bonchev–Trinajstić information content (AvgIpc) is 3.16. The number of nitrogens with one attached hydrogen (secondary N) is 2. The van der Waals surface area contributed by atoms with E-state index in [0.717, 1.165) is 30.2 Å². The number of anilines is 1. The van der Waals surface area contributed by atoms with Crippen molar-refractivity contribution in [3.63, 3.8) is 0 Å². The number of benzene rings is 1. The van der Waals surface area contributed by atoms with Crippen molar-refractivity contribution >= 4 is 32.3 Å². The largest absolute Gasteiger partial charge is 0.370 e. The minimum Gasteiger partial charge on any atom is -0.370 e. The molecule has 1 aliphatic rings. The average molecular weight is 355 g/mol. The van der Waals surface area contributed by atoms with Crippen molar-refractivity contribution in [3.05, 3.63) is 47.7 Å². The molecule has 0 aliphatic heterocycles. The van der Waals surface area contributed by atoms with Gasteiger partial charge in [-0.05, 0) is 32.3 Å². The second-order valence-corrected chi connectivity index (χ2v) is 7.99. The van der Waals surface area contributed by atoms with Crippen LogP contribution in [0.5, 0.6) is 0 Å². The van der Waals surface area contributed by atoms with Crippen LogP contribution in [0.15, 0.2) is 35.6 Å². The summed E-state index contributed by atoms with van der Waals surface area (Å²) in [6.07, 6.45) is 7.78. The molecule has 2 heterocycles. The van der Waals surface area contributed by atoms with Crippen LogP contribution < -0.4 is 4.72 Å². The van der Waals surface area contributed by atoms with Crippen LogP contribution in [0.2, 0.25) is 0 Å². The van der Waals surface area contributed by atoms with Crippen molar-refractivity contribution in [1.82, 2.24) is 14.8 Å². The molecule has 0 amide bonds. The number of hydrogen-bond donors (Lipinski definition) is 2. The minimum absolute atomic E-state index is 0.144. The minimum atomic E-state index is -3.74. The van der Waals surface area contributed by atoms with Gasteiger partial charge in [0.1, 0.15) is 4.90 Å². The van der Waals surface area contributed by atoms with E-state index >= 15 is 0 Å². The fourth-order valence-corrected chi connectivity index (χ4v) is 4.10. The lowest BCUT2D eigenvalue weighted by molar-refractivity contribution is 0.289. The zero-order chi connectivity index (χ0) is 17.6. The zero-order valence-corrected chi connectivity index (χ0v) is 14.5. The maximum Gasteiger partial charge on any atom is 0.265 e. The van der Waals surface area contributed by atoms with Crippen molar-refractivity contribution in [1.29, 1.82) is 0 Å². The SMILES string of the molecule is [C-]#[N+]c1c[nH]c2c(NS(=O)(=O)c3cnn(C4CCC4)c3)ccc(C)c12. The molecule has 7 nitrogen and oxygen atoms in total. The molecule has 0 radical (unpaired) electrons. The topological polar surface area (TPSA) is 84.1 Å². The third-order valence-corrected chi connectivity index (χ3v) is 6.04. The molecule has 0 atom stereocenters. The monoisotopic (exact) mass is 355 g/mol. The van der Waals surface area contributed by atoms with E-state index in [1.54, 1.807) is 29.2 Å². The molecule has 4 rings (SSSR count). The number of aromatic amines is 1. The van der Waals surface area contributed by atoms with Gasteiger partial charge in [-0.3, -0.25) is 9.40 Å². The number of H-pyrrole nitrogens is 1. The Morgan fingerprint density at radius 1 is 1.40 bits per heavy atom. The van der Waals surface area contributed by atoms with Gasteiger partial charge in [0.25, 0.3) is 10.0 Å². The highest BCUT2D eigenvalue weighted by atomic mass is 32.2. The normalized spacial score (nSPS) is 15.0. The molecule has 3 aromatic rings. The van der Waals surface area contributed by atoms with Crippen LogP contribution in [0.25, 0.3) is 15.7 Å². The van der Waals surface area contributed by atoms with Crippen LogP contribution in [0.3, 0.4) is 0 Å². The lowest BCUT2D eigenvalue weighted by atomic mass is 9.93. The molecule has 0 unspecified atom stereocenters. The summed E-state index contributed by atoms with van der Waals surface area (Å²) in [5, 5.41) is 4.93. The molecule has 1 fully saturated rings. The molecule has 1 aliphatic carbocycles. The van der Waals surface area contributed by atoms with Crippen molar-refractivity contribution in [2.24, 2.45) is 0 Å². The lowest BCUT2D eigenvalue weighted by Crippen LogP contribution is -2.17. The van der Waals surface area contributed by atoms with Crippen molar-refractivity contribution in [2.75, 3.05) is 4.72 Å². The van der Waals surface area contributed by atoms with E-state index in [2.05, 4.69) is 19.6 Å². The Bertz CT molecular complexity index is 1100. The number of hydrogen-bond acceptors (Lipinski definition) is 3. The van der Waals surface area contributed by atoms with Crippen molar-refractivity contribution < 1.29 is 8.42 Å². The Morgan fingerprint density at radius 3 is 2.88 bits per heavy atom. The summed E-state index contributed by atoms with van der Waals surface area (Å²) in [4.78, 5) is 6.63. The summed E-state index contributed by atoms with van der Waals surface area (Å²) in [6.45, 7) is 9.14. The molecule has 2 N–H and O–H groups in total. The molecule has 25 heavy (non-hydrogen) atoms. The maximum absolute atomic E-state index is 12.7. The summed E-state index contributed by atoms with van der Waals surface area (Å²) in [5.41, 5.74) is 2.43. The number of rotatable bonds is 4. The van der Waals surface area contributed by atoms with Gasteiger partial charge in [0, 0.05) is 17.8 Å². The van der Waals surface area contributed by atoms with E-state index in [1.165, 1.54) is 6.20 Å². The van der Waals surface area contributed by atoms with Gasteiger partial charge in [-0.25, -0.2) is 13.3 Å². The fourth-order valence-electron chi connectivity index (χ4n) is 3.09. The third kappa shape index (κ3) is 2.57. The highest BCUT2D eigenvalue weighted by molar-refractivity contribution is 7.92. The Balaban J connectivity index is 1.70. The van der Waals surface area contributed by atoms with E-state index in [0.29, 0.717) is 22.9 Å². The summed E-state index contributed by atoms with van der Waals surface area (Å²) in [5.74, 6) is 0. The molecule has 1 saturated carbocycles. The third-order valence-electron chi connectivity index (χ3n) is 4.72. The standard InChI is InChI=1S/C17H17N5O2S/c1-11-6-7-14(17-16(11)15(18-2)9-19-17)21-25(23,24)13-8-20-22(10-13)12-4-3-5-12/h6-10,12,19,21H,3-5H2,1H3. The van der Waals surface area contributed by atoms with Crippen LogP contribution >= 0.6 is 0 Å². The van der Waals surface area contributed by atoms with E-state index in [9.17, 15) is 8.42 Å². The second kappa shape index (κ2) is 5.63. The first-order valence-electron chi connectivity index (χ1n) is 8.05. The first-order chi connectivity index (χ1) is 12.0. The Hall–Kier alpha value is -2.79. The Morgan fingerprint density at radius 2 is 2.20 bits per heavy atom. The Labute approximate surface area is 145 Å². The first kappa shape index (κ1) is 15.7. The van der Waals surface area contributed by atoms with Gasteiger partial charge < -0.3 is 4.98 Å². The molecular formula is C17H17N5O2S. The summed E-state index contributed by atoms with van der Waals surface area (Å²) < 4.78 is 29.8. The van der Waals surface area contributed by atoms with Crippen LogP contribution in [-0.4, -0.2) is 23.2 Å². The van der Waals surface area contributed by atoms with Gasteiger partial charge in [0.2, 0.25) is 5.69 Å². The van der Waals surface area contributed by atoms with E-state index < -0.39 is 10.0 Å². The van der Waals surface area contributed by atoms with Gasteiger partial charge in [-0.1, -0.05) is 11.6 Å². The van der Waals surface area contributed by atoms with Gasteiger partial charge in [0.15, 0.2) is 0 Å². The zero-order valence-electron chi connectivity index (χ0n) is 13.7. The van der Waals surface area contributed by atoms with Crippen molar-refractivity contribution in [2.45, 2.75) is 37.1 Å². The lowest BCUT2D eigenvalue weighted by Gasteiger charge is -2.25. The molecule has 2 aromatic heterocycles. The molecule has 128 valence electrons. The molecule has 0 saturated heterocycles. The second-order valence-electron chi connectivity index (χ2n) is 6.31. The van der Waals surface area contributed by atoms with Gasteiger partial charge >= 0.3 is 0 Å². The highest BCUT2D eigenvalue weighted by Crippen LogP contribution is 2.35. The van der Waals surface area contributed by atoms with Gasteiger partial charge in [-0.15, -0.1) is 0 Å². The number of aryl methyl sites for hydroxylation is 1. The van der Waals surface area contributed by atoms with Crippen LogP contribution in [0.4, 0.5) is 11.4 Å². The maximum atomic E-state index is 12.7. The van der Waals surface area contributed by atoms with E-state index in [-0.39, 0.29) is 4.90 Å². The summed E-state index contributed by atoms with van der Waals surface area (Å²) in [6, 6.07) is 3.82.